The Kier molecular flexibility index (Phi) is 8.68. The first kappa shape index (κ1) is 27.0. The minimum Gasteiger partial charge on any atom is -0.391 e. The zero-order valence-electron chi connectivity index (χ0n) is 18.6. The van der Waals surface area contributed by atoms with Crippen LogP contribution < -0.4 is 22.9 Å². The van der Waals surface area contributed by atoms with Crippen LogP contribution in [0.1, 0.15) is 20.3 Å². The van der Waals surface area contributed by atoms with E-state index in [1.807, 2.05) is 0 Å². The Hall–Kier alpha value is -0.560. The molecule has 0 aromatic rings. The SMILES string of the molecule is C[C@H](N)[C@H]1O[C@@H](OC2C(O)[C@H](N)CC(N)[C@H]2O[C@H]2OC([C@@H](C)O)[C@@H](O)C(O)[C@@H]2N)C(O)C1O. The van der Waals surface area contributed by atoms with E-state index in [0.29, 0.717) is 0 Å². The van der Waals surface area contributed by atoms with Crippen molar-refractivity contribution in [3.05, 3.63) is 0 Å². The van der Waals surface area contributed by atoms with Gasteiger partial charge in [0.2, 0.25) is 0 Å². The number of nitrogens with two attached hydrogens (primary N) is 4. The van der Waals surface area contributed by atoms with Gasteiger partial charge in [0, 0.05) is 18.1 Å². The Balaban J connectivity index is 1.80. The lowest BCUT2D eigenvalue weighted by Crippen LogP contribution is -2.68. The van der Waals surface area contributed by atoms with Crippen LogP contribution >= 0.6 is 0 Å². The minimum absolute atomic E-state index is 0.137. The number of hydrogen-bond acceptors (Lipinski definition) is 14. The van der Waals surface area contributed by atoms with Crippen LogP contribution in [0.2, 0.25) is 0 Å². The largest absolute Gasteiger partial charge is 0.391 e. The average Bonchev–Trinajstić information content (AvgIpc) is 3.02. The molecule has 1 saturated carbocycles. The summed E-state index contributed by atoms with van der Waals surface area (Å²) in [7, 11) is 0. The molecule has 14 nitrogen and oxygen atoms in total. The molecule has 2 heterocycles. The number of rotatable bonds is 6. The van der Waals surface area contributed by atoms with Gasteiger partial charge in [0.1, 0.15) is 48.8 Å². The molecule has 3 aliphatic rings. The number of ether oxygens (including phenoxy) is 4. The monoisotopic (exact) mass is 482 g/mol. The van der Waals surface area contributed by atoms with E-state index in [0.717, 1.165) is 0 Å². The molecule has 0 bridgehead atoms. The number of hydrogen-bond donors (Lipinski definition) is 10. The molecule has 0 aromatic heterocycles. The van der Waals surface area contributed by atoms with Crippen molar-refractivity contribution < 1.29 is 49.6 Å². The Labute approximate surface area is 191 Å². The molecule has 2 saturated heterocycles. The van der Waals surface area contributed by atoms with Crippen LogP contribution in [-0.4, -0.2) is 128 Å². The van der Waals surface area contributed by atoms with Crippen molar-refractivity contribution in [1.29, 1.82) is 0 Å². The normalized spacial score (nSPS) is 53.1. The van der Waals surface area contributed by atoms with Crippen molar-refractivity contribution in [1.82, 2.24) is 0 Å². The van der Waals surface area contributed by atoms with Gasteiger partial charge in [-0.05, 0) is 20.3 Å². The summed E-state index contributed by atoms with van der Waals surface area (Å²) in [5.41, 5.74) is 24.0. The predicted octanol–water partition coefficient (Wildman–Crippen LogP) is -5.88. The van der Waals surface area contributed by atoms with Gasteiger partial charge in [0.15, 0.2) is 12.6 Å². The molecule has 14 heteroatoms. The molecular weight excluding hydrogens is 444 g/mol. The van der Waals surface area contributed by atoms with Crippen molar-refractivity contribution >= 4 is 0 Å². The fourth-order valence-corrected chi connectivity index (χ4v) is 4.57. The average molecular weight is 483 g/mol. The van der Waals surface area contributed by atoms with Gasteiger partial charge in [0.25, 0.3) is 0 Å². The maximum absolute atomic E-state index is 10.7. The maximum atomic E-state index is 10.7. The molecule has 0 amide bonds. The van der Waals surface area contributed by atoms with E-state index in [-0.39, 0.29) is 6.42 Å². The molecule has 3 rings (SSSR count). The smallest absolute Gasteiger partial charge is 0.187 e. The lowest BCUT2D eigenvalue weighted by atomic mass is 9.84. The summed E-state index contributed by atoms with van der Waals surface area (Å²) in [5.74, 6) is 0. The summed E-state index contributed by atoms with van der Waals surface area (Å²) in [6, 6.07) is -3.41. The number of aliphatic hydroxyl groups excluding tert-OH is 6. The third-order valence-corrected chi connectivity index (χ3v) is 6.58. The van der Waals surface area contributed by atoms with Gasteiger partial charge in [-0.1, -0.05) is 0 Å². The summed E-state index contributed by atoms with van der Waals surface area (Å²) in [5, 5.41) is 61.6. The van der Waals surface area contributed by atoms with E-state index in [4.69, 9.17) is 41.9 Å². The van der Waals surface area contributed by atoms with Crippen molar-refractivity contribution in [3.63, 3.8) is 0 Å². The van der Waals surface area contributed by atoms with Crippen molar-refractivity contribution in [3.8, 4) is 0 Å². The van der Waals surface area contributed by atoms with E-state index < -0.39 is 97.8 Å². The lowest BCUT2D eigenvalue weighted by molar-refractivity contribution is -0.315. The fraction of sp³-hybridized carbons (Fsp3) is 1.00. The van der Waals surface area contributed by atoms with E-state index in [1.165, 1.54) is 6.92 Å². The molecule has 33 heavy (non-hydrogen) atoms. The molecule has 14 N–H and O–H groups in total. The molecule has 0 radical (unpaired) electrons. The van der Waals surface area contributed by atoms with E-state index in [1.54, 1.807) is 6.92 Å². The Bertz CT molecular complexity index is 648. The molecule has 194 valence electrons. The summed E-state index contributed by atoms with van der Waals surface area (Å²) >= 11 is 0. The molecule has 0 spiro atoms. The van der Waals surface area contributed by atoms with Gasteiger partial charge in [0.05, 0.1) is 18.2 Å². The molecule has 0 aromatic carbocycles. The van der Waals surface area contributed by atoms with Crippen LogP contribution in [0, 0.1) is 0 Å². The maximum Gasteiger partial charge on any atom is 0.187 e. The van der Waals surface area contributed by atoms with Crippen LogP contribution in [0.3, 0.4) is 0 Å². The van der Waals surface area contributed by atoms with Gasteiger partial charge >= 0.3 is 0 Å². The van der Waals surface area contributed by atoms with Crippen LogP contribution in [0.15, 0.2) is 0 Å². The highest BCUT2D eigenvalue weighted by atomic mass is 16.7. The third kappa shape index (κ3) is 5.34. The van der Waals surface area contributed by atoms with Crippen LogP contribution in [-0.2, 0) is 18.9 Å². The van der Waals surface area contributed by atoms with Gasteiger partial charge in [-0.15, -0.1) is 0 Å². The van der Waals surface area contributed by atoms with Gasteiger partial charge in [-0.3, -0.25) is 0 Å². The zero-order valence-corrected chi connectivity index (χ0v) is 18.6. The summed E-state index contributed by atoms with van der Waals surface area (Å²) in [6.45, 7) is 2.96. The highest BCUT2D eigenvalue weighted by molar-refractivity contribution is 5.02. The Morgan fingerprint density at radius 3 is 1.82 bits per heavy atom. The highest BCUT2D eigenvalue weighted by Crippen LogP contribution is 2.32. The van der Waals surface area contributed by atoms with E-state index >= 15 is 0 Å². The Morgan fingerprint density at radius 2 is 1.27 bits per heavy atom. The number of aliphatic hydroxyl groups is 6. The molecular formula is C19H38N4O10. The van der Waals surface area contributed by atoms with Gasteiger partial charge in [-0.2, -0.15) is 0 Å². The second-order valence-corrected chi connectivity index (χ2v) is 9.33. The lowest BCUT2D eigenvalue weighted by Gasteiger charge is -2.47. The van der Waals surface area contributed by atoms with Crippen LogP contribution in [0.25, 0.3) is 0 Å². The van der Waals surface area contributed by atoms with Gasteiger partial charge in [-0.25, -0.2) is 0 Å². The molecule has 1 aliphatic carbocycles. The fourth-order valence-electron chi connectivity index (χ4n) is 4.57. The Morgan fingerprint density at radius 1 is 0.727 bits per heavy atom. The highest BCUT2D eigenvalue weighted by Gasteiger charge is 2.52. The molecule has 3 fully saturated rings. The first-order valence-corrected chi connectivity index (χ1v) is 11.1. The topological polar surface area (TPSA) is 262 Å². The van der Waals surface area contributed by atoms with E-state index in [9.17, 15) is 30.6 Å². The molecule has 16 atom stereocenters. The predicted molar refractivity (Wildman–Crippen MR) is 111 cm³/mol. The van der Waals surface area contributed by atoms with Crippen molar-refractivity contribution in [2.45, 2.75) is 118 Å². The summed E-state index contributed by atoms with van der Waals surface area (Å²) in [6.07, 6.45) is -15.2. The van der Waals surface area contributed by atoms with Crippen molar-refractivity contribution in [2.75, 3.05) is 0 Å². The zero-order chi connectivity index (χ0) is 24.8. The first-order chi connectivity index (χ1) is 15.3. The quantitative estimate of drug-likeness (QED) is 0.169. The summed E-state index contributed by atoms with van der Waals surface area (Å²) in [4.78, 5) is 0. The van der Waals surface area contributed by atoms with Gasteiger partial charge < -0.3 is 72.5 Å². The first-order valence-electron chi connectivity index (χ1n) is 11.1. The second kappa shape index (κ2) is 10.6. The minimum atomic E-state index is -1.48. The standard InChI is InChI=1S/C19H38N4O10/c1-4(20)14-12(28)13(29)19(30-14)33-17-9(25)6(21)3-7(22)16(17)32-18-8(23)10(26)11(27)15(31-18)5(2)24/h4-19,24-29H,3,20-23H2,1-2H3/t4-,5+,6+,7?,8-,9?,10?,11-,12?,13?,14+,15?,16+,17?,18+,19-/m0/s1. The molecule has 7 unspecified atom stereocenters. The van der Waals surface area contributed by atoms with Crippen molar-refractivity contribution in [2.24, 2.45) is 22.9 Å². The molecule has 2 aliphatic heterocycles. The van der Waals surface area contributed by atoms with Crippen LogP contribution in [0.5, 0.6) is 0 Å². The second-order valence-electron chi connectivity index (χ2n) is 9.33. The van der Waals surface area contributed by atoms with Crippen LogP contribution in [0.4, 0.5) is 0 Å². The third-order valence-electron chi connectivity index (χ3n) is 6.58. The van der Waals surface area contributed by atoms with E-state index in [2.05, 4.69) is 0 Å². The summed E-state index contributed by atoms with van der Waals surface area (Å²) < 4.78 is 22.9.